The summed E-state index contributed by atoms with van der Waals surface area (Å²) >= 11 is 6.00. The van der Waals surface area contributed by atoms with Crippen LogP contribution in [-0.2, 0) is 0 Å². The second kappa shape index (κ2) is 8.15. The summed E-state index contributed by atoms with van der Waals surface area (Å²) < 4.78 is 0. The van der Waals surface area contributed by atoms with Crippen LogP contribution in [0.1, 0.15) is 24.3 Å². The molecule has 0 saturated carbocycles. The number of halogens is 3. The molecule has 1 N–H and O–H groups in total. The predicted molar refractivity (Wildman–Crippen MR) is 99.2 cm³/mol. The molecule has 0 radical (unpaired) electrons. The van der Waals surface area contributed by atoms with Crippen molar-refractivity contribution in [2.75, 3.05) is 13.1 Å². The molecule has 0 bridgehead atoms. The van der Waals surface area contributed by atoms with Crippen molar-refractivity contribution < 1.29 is 4.79 Å². The van der Waals surface area contributed by atoms with Crippen LogP contribution in [0.15, 0.2) is 30.3 Å². The topological polar surface area (TPSA) is 45.2 Å². The van der Waals surface area contributed by atoms with Crippen LogP contribution in [0.4, 0.5) is 0 Å². The normalized spacial score (nSPS) is 20.6. The number of rotatable bonds is 1. The number of fused-ring (bicyclic) bond motifs is 1. The van der Waals surface area contributed by atoms with Crippen molar-refractivity contribution in [2.24, 2.45) is 0 Å². The minimum Gasteiger partial charge on any atom is -0.332 e. The molecule has 1 aromatic carbocycles. The Morgan fingerprint density at radius 2 is 1.96 bits per heavy atom. The summed E-state index contributed by atoms with van der Waals surface area (Å²) in [7, 11) is 0. The van der Waals surface area contributed by atoms with Crippen LogP contribution in [0.25, 0.3) is 10.9 Å². The van der Waals surface area contributed by atoms with Gasteiger partial charge in [-0.05, 0) is 32.0 Å². The molecule has 2 unspecified atom stereocenters. The van der Waals surface area contributed by atoms with Crippen LogP contribution < -0.4 is 5.32 Å². The summed E-state index contributed by atoms with van der Waals surface area (Å²) in [6.45, 7) is 5.68. The Morgan fingerprint density at radius 3 is 2.70 bits per heavy atom. The van der Waals surface area contributed by atoms with Crippen LogP contribution >= 0.6 is 36.4 Å². The molecule has 0 aliphatic carbocycles. The summed E-state index contributed by atoms with van der Waals surface area (Å²) in [5, 5.41) is 4.99. The number of pyridine rings is 1. The second-order valence-corrected chi connectivity index (χ2v) is 5.95. The van der Waals surface area contributed by atoms with Crippen LogP contribution in [0.3, 0.4) is 0 Å². The van der Waals surface area contributed by atoms with Gasteiger partial charge in [-0.25, -0.2) is 4.98 Å². The Balaban J connectivity index is 0.00000132. The molecule has 4 nitrogen and oxygen atoms in total. The van der Waals surface area contributed by atoms with Crippen molar-refractivity contribution in [2.45, 2.75) is 25.9 Å². The second-order valence-electron chi connectivity index (χ2n) is 5.52. The molecule has 3 rings (SSSR count). The molecule has 1 fully saturated rings. The van der Waals surface area contributed by atoms with E-state index in [2.05, 4.69) is 24.1 Å². The standard InChI is InChI=1S/C16H18ClN3O.2ClH/c1-10-11(2)20(8-7-18-10)16(21)14-6-4-12-3-5-13(17)9-15(12)19-14;;/h3-6,9-11,18H,7-8H2,1-2H3;2*1H. The minimum atomic E-state index is -0.0160. The van der Waals surface area contributed by atoms with Gasteiger partial charge in [-0.2, -0.15) is 0 Å². The van der Waals surface area contributed by atoms with E-state index in [0.29, 0.717) is 17.3 Å². The average molecular weight is 377 g/mol. The third-order valence-electron chi connectivity index (χ3n) is 4.17. The number of amides is 1. The average Bonchev–Trinajstić information content (AvgIpc) is 2.48. The van der Waals surface area contributed by atoms with E-state index >= 15 is 0 Å². The zero-order valence-corrected chi connectivity index (χ0v) is 15.3. The fourth-order valence-corrected chi connectivity index (χ4v) is 2.87. The molecule has 2 aromatic rings. The highest BCUT2D eigenvalue weighted by atomic mass is 35.5. The van der Waals surface area contributed by atoms with Crippen molar-refractivity contribution in [1.29, 1.82) is 0 Å². The highest BCUT2D eigenvalue weighted by molar-refractivity contribution is 6.31. The molecule has 1 amide bonds. The summed E-state index contributed by atoms with van der Waals surface area (Å²) in [5.41, 5.74) is 1.23. The molecule has 2 atom stereocenters. The maximum Gasteiger partial charge on any atom is 0.272 e. The lowest BCUT2D eigenvalue weighted by molar-refractivity contribution is 0.0597. The first-order valence-corrected chi connectivity index (χ1v) is 7.55. The Morgan fingerprint density at radius 1 is 1.26 bits per heavy atom. The zero-order valence-electron chi connectivity index (χ0n) is 13.0. The van der Waals surface area contributed by atoms with Crippen LogP contribution in [0.2, 0.25) is 5.02 Å². The molecule has 1 aliphatic rings. The van der Waals surface area contributed by atoms with Crippen molar-refractivity contribution in [3.05, 3.63) is 41.0 Å². The Bertz CT molecular complexity index is 695. The number of hydrogen-bond donors (Lipinski definition) is 1. The fraction of sp³-hybridized carbons (Fsp3) is 0.375. The molecule has 1 saturated heterocycles. The summed E-state index contributed by atoms with van der Waals surface area (Å²) in [5.74, 6) is -0.0160. The number of carbonyl (C=O) groups excluding carboxylic acids is 1. The van der Waals surface area contributed by atoms with E-state index < -0.39 is 0 Å². The lowest BCUT2D eigenvalue weighted by Gasteiger charge is -2.38. The molecule has 0 spiro atoms. The molecular formula is C16H20Cl3N3O. The van der Waals surface area contributed by atoms with Gasteiger partial charge in [0.05, 0.1) is 5.52 Å². The maximum absolute atomic E-state index is 12.7. The Labute approximate surface area is 153 Å². The number of nitrogens with zero attached hydrogens (tertiary/aromatic N) is 2. The van der Waals surface area contributed by atoms with Gasteiger partial charge in [0.1, 0.15) is 5.69 Å². The van der Waals surface area contributed by atoms with Gasteiger partial charge in [-0.15, -0.1) is 24.8 Å². The van der Waals surface area contributed by atoms with E-state index in [1.54, 1.807) is 12.1 Å². The van der Waals surface area contributed by atoms with Crippen LogP contribution in [0, 0.1) is 0 Å². The van der Waals surface area contributed by atoms with Crippen molar-refractivity contribution in [3.8, 4) is 0 Å². The quantitative estimate of drug-likeness (QED) is 0.828. The van der Waals surface area contributed by atoms with Gasteiger partial charge in [-0.3, -0.25) is 4.79 Å². The molecule has 1 aromatic heterocycles. The number of hydrogen-bond acceptors (Lipinski definition) is 3. The smallest absolute Gasteiger partial charge is 0.272 e. The lowest BCUT2D eigenvalue weighted by atomic mass is 10.1. The highest BCUT2D eigenvalue weighted by Crippen LogP contribution is 2.19. The molecule has 1 aliphatic heterocycles. The lowest BCUT2D eigenvalue weighted by Crippen LogP contribution is -2.57. The van der Waals surface area contributed by atoms with Crippen molar-refractivity contribution in [1.82, 2.24) is 15.2 Å². The van der Waals surface area contributed by atoms with E-state index in [9.17, 15) is 4.79 Å². The molecular weight excluding hydrogens is 357 g/mol. The van der Waals surface area contributed by atoms with Gasteiger partial charge in [0.2, 0.25) is 0 Å². The Kier molecular flexibility index (Phi) is 7.08. The van der Waals surface area contributed by atoms with Gasteiger partial charge in [0.25, 0.3) is 5.91 Å². The molecule has 7 heteroatoms. The van der Waals surface area contributed by atoms with Gasteiger partial charge in [0.15, 0.2) is 0 Å². The fourth-order valence-electron chi connectivity index (χ4n) is 2.70. The first-order chi connectivity index (χ1) is 10.1. The number of aromatic nitrogens is 1. The van der Waals surface area contributed by atoms with Crippen LogP contribution in [-0.4, -0.2) is 41.0 Å². The SMILES string of the molecule is CC1NCCN(C(=O)c2ccc3ccc(Cl)cc3n2)C1C.Cl.Cl. The van der Waals surface area contributed by atoms with E-state index in [1.165, 1.54) is 0 Å². The van der Waals surface area contributed by atoms with Crippen LogP contribution in [0.5, 0.6) is 0 Å². The summed E-state index contributed by atoms with van der Waals surface area (Å²) in [6.07, 6.45) is 0. The third kappa shape index (κ3) is 4.07. The number of benzene rings is 1. The summed E-state index contributed by atoms with van der Waals surface area (Å²) in [4.78, 5) is 19.1. The highest BCUT2D eigenvalue weighted by Gasteiger charge is 2.29. The van der Waals surface area contributed by atoms with Crippen molar-refractivity contribution >= 4 is 53.2 Å². The molecule has 23 heavy (non-hydrogen) atoms. The first kappa shape index (κ1) is 20.0. The number of carbonyl (C=O) groups is 1. The molecule has 2 heterocycles. The van der Waals surface area contributed by atoms with E-state index in [-0.39, 0.29) is 42.8 Å². The first-order valence-electron chi connectivity index (χ1n) is 7.17. The molecule has 126 valence electrons. The van der Waals surface area contributed by atoms with Gasteiger partial charge < -0.3 is 10.2 Å². The van der Waals surface area contributed by atoms with Gasteiger partial charge in [0, 0.05) is 35.6 Å². The largest absolute Gasteiger partial charge is 0.332 e. The minimum absolute atomic E-state index is 0. The van der Waals surface area contributed by atoms with Gasteiger partial charge in [-0.1, -0.05) is 23.7 Å². The van der Waals surface area contributed by atoms with E-state index in [1.807, 2.05) is 23.1 Å². The van der Waals surface area contributed by atoms with Crippen molar-refractivity contribution in [3.63, 3.8) is 0 Å². The third-order valence-corrected chi connectivity index (χ3v) is 4.40. The number of nitrogens with one attached hydrogen (secondary N) is 1. The Hall–Kier alpha value is -1.07. The zero-order chi connectivity index (χ0) is 15.0. The van der Waals surface area contributed by atoms with E-state index in [0.717, 1.165) is 17.4 Å². The van der Waals surface area contributed by atoms with Gasteiger partial charge >= 0.3 is 0 Å². The predicted octanol–water partition coefficient (Wildman–Crippen LogP) is 3.55. The number of piperazine rings is 1. The maximum atomic E-state index is 12.7. The summed E-state index contributed by atoms with van der Waals surface area (Å²) in [6, 6.07) is 9.68. The monoisotopic (exact) mass is 375 g/mol. The van der Waals surface area contributed by atoms with E-state index in [4.69, 9.17) is 11.6 Å².